The highest BCUT2D eigenvalue weighted by Crippen LogP contribution is 2.13. The SMILES string of the molecule is CCOC(=O)Cc1ccc(NCCCCCCCC/C=C/c2ccc(Cl)cc2)cc1. The zero-order valence-corrected chi connectivity index (χ0v) is 18.8. The Labute approximate surface area is 186 Å². The standard InChI is InChI=1S/C26H34ClNO2/c1-2-30-26(29)21-23-14-18-25(19-15-23)28-20-10-8-6-4-3-5-7-9-11-22-12-16-24(27)17-13-22/h9,11-19,28H,2-8,10,20-21H2,1H3/b11-9+. The average molecular weight is 428 g/mol. The third kappa shape index (κ3) is 10.5. The van der Waals surface area contributed by atoms with Gasteiger partial charge in [-0.05, 0) is 61.6 Å². The summed E-state index contributed by atoms with van der Waals surface area (Å²) >= 11 is 5.89. The smallest absolute Gasteiger partial charge is 0.310 e. The molecule has 0 unspecified atom stereocenters. The molecule has 3 nitrogen and oxygen atoms in total. The second-order valence-corrected chi connectivity index (χ2v) is 7.91. The Bertz CT molecular complexity index is 754. The van der Waals surface area contributed by atoms with Crippen LogP contribution in [0.2, 0.25) is 5.02 Å². The zero-order valence-electron chi connectivity index (χ0n) is 18.0. The number of ether oxygens (including phenoxy) is 1. The van der Waals surface area contributed by atoms with Crippen LogP contribution in [0, 0.1) is 0 Å². The molecular formula is C26H34ClNO2. The minimum atomic E-state index is -0.171. The molecule has 0 aromatic heterocycles. The van der Waals surface area contributed by atoms with E-state index in [9.17, 15) is 4.79 Å². The van der Waals surface area contributed by atoms with E-state index in [1.165, 1.54) is 44.1 Å². The van der Waals surface area contributed by atoms with E-state index >= 15 is 0 Å². The molecule has 0 aliphatic heterocycles. The van der Waals surface area contributed by atoms with E-state index in [0.29, 0.717) is 13.0 Å². The van der Waals surface area contributed by atoms with Crippen molar-refractivity contribution in [2.75, 3.05) is 18.5 Å². The number of benzene rings is 2. The highest BCUT2D eigenvalue weighted by atomic mass is 35.5. The van der Waals surface area contributed by atoms with Crippen LogP contribution in [0.1, 0.15) is 63.0 Å². The Hall–Kier alpha value is -2.26. The van der Waals surface area contributed by atoms with E-state index in [1.807, 2.05) is 55.5 Å². The van der Waals surface area contributed by atoms with Gasteiger partial charge in [0.1, 0.15) is 0 Å². The normalized spacial score (nSPS) is 11.0. The van der Waals surface area contributed by atoms with Gasteiger partial charge in [0.05, 0.1) is 13.0 Å². The van der Waals surface area contributed by atoms with Crippen LogP contribution in [0.5, 0.6) is 0 Å². The molecule has 0 aliphatic carbocycles. The topological polar surface area (TPSA) is 38.3 Å². The number of esters is 1. The second kappa shape index (κ2) is 14.7. The molecule has 30 heavy (non-hydrogen) atoms. The second-order valence-electron chi connectivity index (χ2n) is 7.47. The summed E-state index contributed by atoms with van der Waals surface area (Å²) in [5.41, 5.74) is 3.30. The van der Waals surface area contributed by atoms with E-state index in [-0.39, 0.29) is 5.97 Å². The lowest BCUT2D eigenvalue weighted by atomic mass is 10.1. The van der Waals surface area contributed by atoms with Gasteiger partial charge in [-0.1, -0.05) is 73.7 Å². The Balaban J connectivity index is 1.45. The first kappa shape index (κ1) is 24.0. The molecule has 1 N–H and O–H groups in total. The lowest BCUT2D eigenvalue weighted by Gasteiger charge is -2.08. The molecule has 0 fully saturated rings. The van der Waals surface area contributed by atoms with Gasteiger partial charge in [-0.2, -0.15) is 0 Å². The number of hydrogen-bond donors (Lipinski definition) is 1. The van der Waals surface area contributed by atoms with Gasteiger partial charge in [-0.25, -0.2) is 0 Å². The molecule has 162 valence electrons. The third-order valence-electron chi connectivity index (χ3n) is 4.91. The average Bonchev–Trinajstić information content (AvgIpc) is 2.74. The predicted octanol–water partition coefficient (Wildman–Crippen LogP) is 7.30. The van der Waals surface area contributed by atoms with Crippen molar-refractivity contribution in [3.63, 3.8) is 0 Å². The number of anilines is 1. The van der Waals surface area contributed by atoms with Gasteiger partial charge in [0.25, 0.3) is 0 Å². The number of carbonyl (C=O) groups is 1. The lowest BCUT2D eigenvalue weighted by molar-refractivity contribution is -0.142. The monoisotopic (exact) mass is 427 g/mol. The highest BCUT2D eigenvalue weighted by Gasteiger charge is 2.03. The summed E-state index contributed by atoms with van der Waals surface area (Å²) in [6.45, 7) is 3.24. The third-order valence-corrected chi connectivity index (χ3v) is 5.17. The van der Waals surface area contributed by atoms with Gasteiger partial charge in [-0.15, -0.1) is 0 Å². The van der Waals surface area contributed by atoms with Gasteiger partial charge < -0.3 is 10.1 Å². The van der Waals surface area contributed by atoms with Crippen molar-refractivity contribution in [2.45, 2.75) is 58.3 Å². The Morgan fingerprint density at radius 3 is 2.30 bits per heavy atom. The maximum absolute atomic E-state index is 11.5. The molecular weight excluding hydrogens is 394 g/mol. The predicted molar refractivity (Wildman–Crippen MR) is 128 cm³/mol. The maximum atomic E-state index is 11.5. The van der Waals surface area contributed by atoms with Crippen LogP contribution in [0.4, 0.5) is 5.69 Å². The fourth-order valence-electron chi connectivity index (χ4n) is 3.24. The van der Waals surface area contributed by atoms with Crippen molar-refractivity contribution in [1.82, 2.24) is 0 Å². The molecule has 0 amide bonds. The van der Waals surface area contributed by atoms with E-state index in [1.54, 1.807) is 0 Å². The number of nitrogens with one attached hydrogen (secondary N) is 1. The van der Waals surface area contributed by atoms with Crippen molar-refractivity contribution in [2.24, 2.45) is 0 Å². The summed E-state index contributed by atoms with van der Waals surface area (Å²) < 4.78 is 4.97. The maximum Gasteiger partial charge on any atom is 0.310 e. The highest BCUT2D eigenvalue weighted by molar-refractivity contribution is 6.30. The molecule has 2 rings (SSSR count). The van der Waals surface area contributed by atoms with Crippen LogP contribution in [0.3, 0.4) is 0 Å². The largest absolute Gasteiger partial charge is 0.466 e. The summed E-state index contributed by atoms with van der Waals surface area (Å²) in [4.78, 5) is 11.5. The van der Waals surface area contributed by atoms with Crippen molar-refractivity contribution >= 4 is 29.3 Å². The Morgan fingerprint density at radius 2 is 1.60 bits per heavy atom. The molecule has 0 saturated carbocycles. The molecule has 4 heteroatoms. The van der Waals surface area contributed by atoms with E-state index < -0.39 is 0 Å². The summed E-state index contributed by atoms with van der Waals surface area (Å²) in [5, 5.41) is 4.24. The fraction of sp³-hybridized carbons (Fsp3) is 0.423. The zero-order chi connectivity index (χ0) is 21.4. The van der Waals surface area contributed by atoms with E-state index in [0.717, 1.165) is 29.2 Å². The summed E-state index contributed by atoms with van der Waals surface area (Å²) in [6.07, 6.45) is 13.5. The van der Waals surface area contributed by atoms with Gasteiger partial charge in [0, 0.05) is 17.3 Å². The first-order valence-corrected chi connectivity index (χ1v) is 11.5. The molecule has 0 atom stereocenters. The summed E-state index contributed by atoms with van der Waals surface area (Å²) in [5.74, 6) is -0.171. The number of allylic oxidation sites excluding steroid dienone is 1. The first-order chi connectivity index (χ1) is 14.7. The minimum absolute atomic E-state index is 0.171. The number of hydrogen-bond acceptors (Lipinski definition) is 3. The molecule has 0 radical (unpaired) electrons. The lowest BCUT2D eigenvalue weighted by Crippen LogP contribution is -2.07. The Morgan fingerprint density at radius 1 is 0.933 bits per heavy atom. The van der Waals surface area contributed by atoms with Gasteiger partial charge in [0.2, 0.25) is 0 Å². The van der Waals surface area contributed by atoms with Crippen molar-refractivity contribution in [3.05, 3.63) is 70.8 Å². The minimum Gasteiger partial charge on any atom is -0.466 e. The molecule has 0 spiro atoms. The van der Waals surface area contributed by atoms with Crippen LogP contribution < -0.4 is 5.32 Å². The molecule has 0 aliphatic rings. The van der Waals surface area contributed by atoms with Gasteiger partial charge in [0.15, 0.2) is 0 Å². The molecule has 0 saturated heterocycles. The van der Waals surface area contributed by atoms with Gasteiger partial charge >= 0.3 is 5.97 Å². The van der Waals surface area contributed by atoms with Crippen molar-refractivity contribution < 1.29 is 9.53 Å². The quantitative estimate of drug-likeness (QED) is 0.254. The van der Waals surface area contributed by atoms with Crippen LogP contribution in [0.25, 0.3) is 6.08 Å². The number of rotatable bonds is 14. The van der Waals surface area contributed by atoms with Crippen LogP contribution in [-0.2, 0) is 16.0 Å². The van der Waals surface area contributed by atoms with Crippen molar-refractivity contribution in [3.8, 4) is 0 Å². The number of halogens is 1. The number of unbranched alkanes of at least 4 members (excludes halogenated alkanes) is 6. The van der Waals surface area contributed by atoms with Crippen molar-refractivity contribution in [1.29, 1.82) is 0 Å². The first-order valence-electron chi connectivity index (χ1n) is 11.1. The van der Waals surface area contributed by atoms with Crippen LogP contribution in [0.15, 0.2) is 54.6 Å². The van der Waals surface area contributed by atoms with Gasteiger partial charge in [-0.3, -0.25) is 4.79 Å². The molecule has 2 aromatic carbocycles. The Kier molecular flexibility index (Phi) is 11.8. The molecule has 0 bridgehead atoms. The fourth-order valence-corrected chi connectivity index (χ4v) is 3.37. The van der Waals surface area contributed by atoms with E-state index in [2.05, 4.69) is 17.5 Å². The number of carbonyl (C=O) groups excluding carboxylic acids is 1. The molecule has 2 aromatic rings. The summed E-state index contributed by atoms with van der Waals surface area (Å²) in [6, 6.07) is 16.0. The summed E-state index contributed by atoms with van der Waals surface area (Å²) in [7, 11) is 0. The van der Waals surface area contributed by atoms with Crippen LogP contribution in [-0.4, -0.2) is 19.1 Å². The van der Waals surface area contributed by atoms with E-state index in [4.69, 9.17) is 16.3 Å². The molecule has 0 heterocycles. The van der Waals surface area contributed by atoms with Crippen LogP contribution >= 0.6 is 11.6 Å².